The molecule has 0 heterocycles. The van der Waals surface area contributed by atoms with Crippen LogP contribution in [0, 0.1) is 5.92 Å². The highest BCUT2D eigenvalue weighted by molar-refractivity contribution is 7.89. The molecule has 1 aliphatic carbocycles. The molecule has 2 rings (SSSR count). The molecule has 0 amide bonds. The maximum Gasteiger partial charge on any atom is 0.211 e. The van der Waals surface area contributed by atoms with Crippen LogP contribution in [-0.2, 0) is 16.6 Å². The molecular formula is C16H25NO4S. The van der Waals surface area contributed by atoms with Gasteiger partial charge in [-0.15, -0.1) is 0 Å². The van der Waals surface area contributed by atoms with Crippen molar-refractivity contribution in [2.24, 2.45) is 5.92 Å². The molecule has 1 saturated carbocycles. The van der Waals surface area contributed by atoms with Gasteiger partial charge in [0, 0.05) is 13.2 Å². The Hall–Kier alpha value is -1.11. The molecule has 5 nitrogen and oxygen atoms in total. The van der Waals surface area contributed by atoms with Crippen LogP contribution >= 0.6 is 0 Å². The van der Waals surface area contributed by atoms with Crippen LogP contribution in [0.15, 0.2) is 24.3 Å². The summed E-state index contributed by atoms with van der Waals surface area (Å²) in [5.74, 6) is 1.60. The van der Waals surface area contributed by atoms with Gasteiger partial charge in [0.2, 0.25) is 10.0 Å². The summed E-state index contributed by atoms with van der Waals surface area (Å²) in [6.45, 7) is 1.14. The summed E-state index contributed by atoms with van der Waals surface area (Å²) in [4.78, 5) is 0. The number of hydrogen-bond donors (Lipinski definition) is 2. The lowest BCUT2D eigenvalue weighted by molar-refractivity contribution is 0.284. The van der Waals surface area contributed by atoms with Gasteiger partial charge in [-0.25, -0.2) is 13.1 Å². The van der Waals surface area contributed by atoms with Crippen LogP contribution < -0.4 is 9.46 Å². The van der Waals surface area contributed by atoms with Crippen LogP contribution in [0.5, 0.6) is 5.75 Å². The van der Waals surface area contributed by atoms with Gasteiger partial charge in [0.25, 0.3) is 0 Å². The third-order valence-corrected chi connectivity index (χ3v) is 5.06. The molecule has 0 aliphatic heterocycles. The fraction of sp³-hybridized carbons (Fsp3) is 0.625. The summed E-state index contributed by atoms with van der Waals surface area (Å²) >= 11 is 0. The second-order valence-electron chi connectivity index (χ2n) is 5.83. The van der Waals surface area contributed by atoms with Crippen LogP contribution in [0.1, 0.15) is 37.7 Å². The van der Waals surface area contributed by atoms with Crippen molar-refractivity contribution in [3.63, 3.8) is 0 Å². The first-order valence-corrected chi connectivity index (χ1v) is 9.54. The molecule has 2 N–H and O–H groups in total. The second-order valence-corrected chi connectivity index (χ2v) is 7.75. The molecule has 124 valence electrons. The Balaban J connectivity index is 1.75. The van der Waals surface area contributed by atoms with Gasteiger partial charge < -0.3 is 9.84 Å². The first-order valence-electron chi connectivity index (χ1n) is 7.89. The zero-order chi connectivity index (χ0) is 15.8. The smallest absolute Gasteiger partial charge is 0.211 e. The lowest BCUT2D eigenvalue weighted by Crippen LogP contribution is -2.26. The summed E-state index contributed by atoms with van der Waals surface area (Å²) in [7, 11) is -3.26. The monoisotopic (exact) mass is 327 g/mol. The normalized spacial score (nSPS) is 15.0. The van der Waals surface area contributed by atoms with E-state index in [9.17, 15) is 8.42 Å². The topological polar surface area (TPSA) is 75.6 Å². The Morgan fingerprint density at radius 1 is 1.23 bits per heavy atom. The largest absolute Gasteiger partial charge is 0.493 e. The molecule has 0 spiro atoms. The van der Waals surface area contributed by atoms with Crippen LogP contribution in [0.2, 0.25) is 0 Å². The minimum absolute atomic E-state index is 0.102. The highest BCUT2D eigenvalue weighted by atomic mass is 32.2. The lowest BCUT2D eigenvalue weighted by Gasteiger charge is -2.09. The van der Waals surface area contributed by atoms with Gasteiger partial charge in [-0.2, -0.15) is 0 Å². The Bertz CT molecular complexity index is 555. The Labute approximate surface area is 132 Å². The molecule has 1 aromatic carbocycles. The zero-order valence-corrected chi connectivity index (χ0v) is 13.6. The molecule has 0 unspecified atom stereocenters. The standard InChI is InChI=1S/C16H25NO4S/c18-9-2-1-3-10-22(19,20)17-12-15-5-4-6-16(11-15)21-13-14-7-8-14/h4-6,11,14,17-18H,1-3,7-10,12-13H2. The van der Waals surface area contributed by atoms with Crippen LogP contribution in [-0.4, -0.2) is 32.5 Å². The number of hydrogen-bond acceptors (Lipinski definition) is 4. The number of benzene rings is 1. The molecule has 1 aliphatic rings. The minimum atomic E-state index is -3.26. The number of nitrogens with one attached hydrogen (secondary N) is 1. The number of aliphatic hydroxyl groups is 1. The van der Waals surface area contributed by atoms with E-state index in [1.54, 1.807) is 0 Å². The van der Waals surface area contributed by atoms with Gasteiger partial charge in [-0.05, 0) is 49.3 Å². The Morgan fingerprint density at radius 2 is 2.05 bits per heavy atom. The summed E-state index contributed by atoms with van der Waals surface area (Å²) in [5, 5.41) is 8.68. The van der Waals surface area contributed by atoms with E-state index in [1.807, 2.05) is 24.3 Å². The van der Waals surface area contributed by atoms with E-state index in [4.69, 9.17) is 9.84 Å². The first-order chi connectivity index (χ1) is 10.6. The quantitative estimate of drug-likeness (QED) is 0.610. The highest BCUT2D eigenvalue weighted by Gasteiger charge is 2.21. The van der Waals surface area contributed by atoms with Gasteiger partial charge in [-0.3, -0.25) is 0 Å². The molecule has 0 radical (unpaired) electrons. The van der Waals surface area contributed by atoms with Crippen molar-refractivity contribution in [1.29, 1.82) is 0 Å². The number of rotatable bonds is 11. The zero-order valence-electron chi connectivity index (χ0n) is 12.8. The molecule has 6 heteroatoms. The van der Waals surface area contributed by atoms with Gasteiger partial charge in [0.1, 0.15) is 5.75 Å². The first kappa shape index (κ1) is 17.2. The molecule has 22 heavy (non-hydrogen) atoms. The van der Waals surface area contributed by atoms with Gasteiger partial charge in [0.05, 0.1) is 12.4 Å². The summed E-state index contributed by atoms with van der Waals surface area (Å²) in [6.07, 6.45) is 4.43. The van der Waals surface area contributed by atoms with Gasteiger partial charge in [-0.1, -0.05) is 18.6 Å². The third kappa shape index (κ3) is 6.77. The average molecular weight is 327 g/mol. The van der Waals surface area contributed by atoms with Crippen molar-refractivity contribution in [2.75, 3.05) is 19.0 Å². The number of unbranched alkanes of at least 4 members (excludes halogenated alkanes) is 2. The van der Waals surface area contributed by atoms with Crippen molar-refractivity contribution < 1.29 is 18.3 Å². The lowest BCUT2D eigenvalue weighted by atomic mass is 10.2. The van der Waals surface area contributed by atoms with Crippen molar-refractivity contribution in [2.45, 2.75) is 38.6 Å². The molecule has 0 aromatic heterocycles. The van der Waals surface area contributed by atoms with Crippen molar-refractivity contribution in [1.82, 2.24) is 4.72 Å². The molecule has 0 atom stereocenters. The average Bonchev–Trinajstić information content (AvgIpc) is 3.33. The van der Waals surface area contributed by atoms with Gasteiger partial charge >= 0.3 is 0 Å². The summed E-state index contributed by atoms with van der Waals surface area (Å²) in [5.41, 5.74) is 0.896. The fourth-order valence-electron chi connectivity index (χ4n) is 2.09. The fourth-order valence-corrected chi connectivity index (χ4v) is 3.21. The Morgan fingerprint density at radius 3 is 2.77 bits per heavy atom. The molecule has 1 aromatic rings. The second kappa shape index (κ2) is 8.50. The minimum Gasteiger partial charge on any atom is -0.493 e. The maximum atomic E-state index is 11.9. The predicted octanol–water partition coefficient (Wildman–Crippen LogP) is 2.06. The predicted molar refractivity (Wildman–Crippen MR) is 86.2 cm³/mol. The SMILES string of the molecule is O=S(=O)(CCCCCO)NCc1cccc(OCC2CC2)c1. The van der Waals surface area contributed by atoms with E-state index < -0.39 is 10.0 Å². The van der Waals surface area contributed by atoms with E-state index in [1.165, 1.54) is 12.8 Å². The molecule has 0 saturated heterocycles. The number of aliphatic hydroxyl groups excluding tert-OH is 1. The summed E-state index contributed by atoms with van der Waals surface area (Å²) < 4.78 is 32.0. The molecule has 0 bridgehead atoms. The van der Waals surface area contributed by atoms with E-state index in [0.717, 1.165) is 24.3 Å². The van der Waals surface area contributed by atoms with Crippen LogP contribution in [0.3, 0.4) is 0 Å². The van der Waals surface area contributed by atoms with Crippen LogP contribution in [0.25, 0.3) is 0 Å². The third-order valence-electron chi connectivity index (χ3n) is 3.65. The van der Waals surface area contributed by atoms with Crippen molar-refractivity contribution in [3.8, 4) is 5.75 Å². The Kier molecular flexibility index (Phi) is 6.67. The molecular weight excluding hydrogens is 302 g/mol. The van der Waals surface area contributed by atoms with Crippen LogP contribution in [0.4, 0.5) is 0 Å². The molecule has 1 fully saturated rings. The van der Waals surface area contributed by atoms with E-state index in [0.29, 0.717) is 18.8 Å². The van der Waals surface area contributed by atoms with Crippen molar-refractivity contribution >= 4 is 10.0 Å². The van der Waals surface area contributed by atoms with E-state index in [2.05, 4.69) is 4.72 Å². The van der Waals surface area contributed by atoms with Gasteiger partial charge in [0.15, 0.2) is 0 Å². The number of ether oxygens (including phenoxy) is 1. The summed E-state index contributed by atoms with van der Waals surface area (Å²) in [6, 6.07) is 7.55. The maximum absolute atomic E-state index is 11.9. The number of sulfonamides is 1. The van der Waals surface area contributed by atoms with Crippen molar-refractivity contribution in [3.05, 3.63) is 29.8 Å². The highest BCUT2D eigenvalue weighted by Crippen LogP contribution is 2.29. The van der Waals surface area contributed by atoms with E-state index >= 15 is 0 Å². The van der Waals surface area contributed by atoms with E-state index in [-0.39, 0.29) is 18.9 Å².